The molecule has 0 fully saturated rings. The van der Waals surface area contributed by atoms with Gasteiger partial charge in [0.05, 0.1) is 11.6 Å². The molecular formula is C15H16NO6P. The van der Waals surface area contributed by atoms with E-state index in [0.29, 0.717) is 6.42 Å². The number of allylic oxidation sites excluding steroid dienone is 3. The van der Waals surface area contributed by atoms with Gasteiger partial charge in [-0.15, -0.1) is 0 Å². The van der Waals surface area contributed by atoms with Crippen LogP contribution in [0.15, 0.2) is 53.0 Å². The average molecular weight is 337 g/mol. The number of rotatable bonds is 5. The summed E-state index contributed by atoms with van der Waals surface area (Å²) >= 11 is 0. The van der Waals surface area contributed by atoms with Crippen LogP contribution >= 0.6 is 7.75 Å². The molecule has 8 heteroatoms. The number of phenols is 1. The number of phenolic OH excluding ortho intramolecular Hbond substituents is 1. The second-order valence-corrected chi connectivity index (χ2v) is 6.31. The number of aromatic hydroxyl groups is 1. The third-order valence-corrected chi connectivity index (χ3v) is 3.73. The summed E-state index contributed by atoms with van der Waals surface area (Å²) in [4.78, 5) is 30.2. The molecule has 0 aliphatic heterocycles. The van der Waals surface area contributed by atoms with Crippen molar-refractivity contribution in [1.29, 1.82) is 0 Å². The molecule has 23 heavy (non-hydrogen) atoms. The zero-order valence-electron chi connectivity index (χ0n) is 12.0. The van der Waals surface area contributed by atoms with E-state index >= 15 is 0 Å². The van der Waals surface area contributed by atoms with Gasteiger partial charge in [0.1, 0.15) is 17.3 Å². The number of Topliss-reactive ketones (excluding diaryl/α,β-unsaturated/α-hetero) is 1. The fourth-order valence-electron chi connectivity index (χ4n) is 2.23. The summed E-state index contributed by atoms with van der Waals surface area (Å²) in [5.41, 5.74) is 0.601. The highest BCUT2D eigenvalue weighted by Crippen LogP contribution is 2.38. The molecule has 1 aromatic carbocycles. The van der Waals surface area contributed by atoms with E-state index in [9.17, 15) is 19.6 Å². The van der Waals surface area contributed by atoms with Crippen LogP contribution in [0.4, 0.5) is 0 Å². The van der Waals surface area contributed by atoms with Gasteiger partial charge in [-0.05, 0) is 30.2 Å². The van der Waals surface area contributed by atoms with Crippen molar-refractivity contribution < 1.29 is 29.4 Å². The molecule has 2 rings (SSSR count). The average Bonchev–Trinajstić information content (AvgIpc) is 2.43. The van der Waals surface area contributed by atoms with E-state index in [4.69, 9.17) is 9.79 Å². The van der Waals surface area contributed by atoms with Crippen LogP contribution in [0, 0.1) is 5.92 Å². The van der Waals surface area contributed by atoms with E-state index in [2.05, 4.69) is 4.76 Å². The number of benzene rings is 1. The van der Waals surface area contributed by atoms with E-state index in [-0.39, 0.29) is 29.4 Å². The van der Waals surface area contributed by atoms with E-state index in [0.717, 1.165) is 11.6 Å². The molecule has 4 N–H and O–H groups in total. The first-order chi connectivity index (χ1) is 10.7. The molecular weight excluding hydrogens is 321 g/mol. The van der Waals surface area contributed by atoms with Gasteiger partial charge in [-0.2, -0.15) is 4.76 Å². The van der Waals surface area contributed by atoms with Crippen molar-refractivity contribution in [1.82, 2.24) is 0 Å². The summed E-state index contributed by atoms with van der Waals surface area (Å²) in [5, 5.41) is 18.8. The Bertz CT molecular complexity index is 746. The third kappa shape index (κ3) is 5.17. The highest BCUT2D eigenvalue weighted by atomic mass is 31.2. The smallest absolute Gasteiger partial charge is 0.448 e. The van der Waals surface area contributed by atoms with Crippen LogP contribution in [-0.2, 0) is 15.8 Å². The number of nitrogens with zero attached hydrogens (tertiary/aromatic N) is 1. The topological polar surface area (TPSA) is 127 Å². The van der Waals surface area contributed by atoms with Gasteiger partial charge in [0.2, 0.25) is 0 Å². The minimum absolute atomic E-state index is 0.101. The van der Waals surface area contributed by atoms with Crippen molar-refractivity contribution in [3.8, 4) is 5.75 Å². The van der Waals surface area contributed by atoms with Crippen molar-refractivity contribution >= 4 is 19.2 Å². The minimum Gasteiger partial charge on any atom is -0.508 e. The largest absolute Gasteiger partial charge is 0.508 e. The number of ketones is 1. The molecule has 0 radical (unpaired) electrons. The van der Waals surface area contributed by atoms with E-state index in [1.165, 1.54) is 18.2 Å². The van der Waals surface area contributed by atoms with Crippen molar-refractivity contribution in [2.45, 2.75) is 12.8 Å². The zero-order valence-corrected chi connectivity index (χ0v) is 12.9. The number of hydrogen-bond donors (Lipinski definition) is 4. The van der Waals surface area contributed by atoms with Crippen LogP contribution in [0.25, 0.3) is 0 Å². The van der Waals surface area contributed by atoms with Gasteiger partial charge in [0, 0.05) is 12.5 Å². The quantitative estimate of drug-likeness (QED) is 0.609. The molecule has 1 aliphatic carbocycles. The highest BCUT2D eigenvalue weighted by Gasteiger charge is 2.26. The first kappa shape index (κ1) is 17.1. The summed E-state index contributed by atoms with van der Waals surface area (Å²) in [6.07, 6.45) is 4.18. The Morgan fingerprint density at radius 2 is 2.00 bits per heavy atom. The molecule has 0 amide bonds. The van der Waals surface area contributed by atoms with E-state index in [1.54, 1.807) is 18.2 Å². The molecule has 0 saturated heterocycles. The van der Waals surface area contributed by atoms with E-state index in [1.807, 2.05) is 0 Å². The lowest BCUT2D eigenvalue weighted by molar-refractivity contribution is -0.119. The van der Waals surface area contributed by atoms with Gasteiger partial charge in [-0.25, -0.2) is 4.57 Å². The van der Waals surface area contributed by atoms with Gasteiger partial charge in [0.15, 0.2) is 0 Å². The Hall–Kier alpha value is -2.21. The third-order valence-electron chi connectivity index (χ3n) is 3.24. The van der Waals surface area contributed by atoms with Crippen LogP contribution in [0.1, 0.15) is 12.0 Å². The van der Waals surface area contributed by atoms with Crippen LogP contribution < -0.4 is 0 Å². The SMILES string of the molecule is O=C(CCc1cccc(O)c1)C1C=CC(O)=CC1=NP(=O)(O)O. The van der Waals surface area contributed by atoms with Gasteiger partial charge in [-0.3, -0.25) is 4.79 Å². The Labute approximate surface area is 132 Å². The molecule has 122 valence electrons. The summed E-state index contributed by atoms with van der Waals surface area (Å²) in [5.74, 6) is -1.34. The molecule has 0 saturated carbocycles. The molecule has 0 aromatic heterocycles. The van der Waals surface area contributed by atoms with Crippen molar-refractivity contribution in [3.63, 3.8) is 0 Å². The lowest BCUT2D eigenvalue weighted by Gasteiger charge is -2.16. The van der Waals surface area contributed by atoms with Crippen LogP contribution in [0.3, 0.4) is 0 Å². The molecule has 0 bridgehead atoms. The number of carbonyl (C=O) groups excluding carboxylic acids is 1. The van der Waals surface area contributed by atoms with Gasteiger partial charge in [-0.1, -0.05) is 18.2 Å². The second-order valence-electron chi connectivity index (χ2n) is 5.08. The number of aryl methyl sites for hydroxylation is 1. The number of aliphatic hydroxyl groups is 1. The zero-order chi connectivity index (χ0) is 17.0. The molecule has 7 nitrogen and oxygen atoms in total. The Kier molecular flexibility index (Phi) is 5.15. The molecule has 1 unspecified atom stereocenters. The lowest BCUT2D eigenvalue weighted by atomic mass is 9.90. The fraction of sp³-hybridized carbons (Fsp3) is 0.200. The van der Waals surface area contributed by atoms with Gasteiger partial charge < -0.3 is 20.0 Å². The maximum absolute atomic E-state index is 12.3. The predicted octanol–water partition coefficient (Wildman–Crippen LogP) is 2.06. The fourth-order valence-corrected chi connectivity index (χ4v) is 2.71. The minimum atomic E-state index is -4.71. The monoisotopic (exact) mass is 337 g/mol. The first-order valence-corrected chi connectivity index (χ1v) is 8.36. The van der Waals surface area contributed by atoms with Gasteiger partial charge in [0.25, 0.3) is 0 Å². The highest BCUT2D eigenvalue weighted by molar-refractivity contribution is 7.50. The molecule has 1 aromatic rings. The molecule has 0 spiro atoms. The molecule has 1 atom stereocenters. The lowest BCUT2D eigenvalue weighted by Crippen LogP contribution is -2.23. The maximum atomic E-state index is 12.3. The van der Waals surface area contributed by atoms with Crippen molar-refractivity contribution in [2.75, 3.05) is 0 Å². The summed E-state index contributed by atoms with van der Waals surface area (Å²) in [6, 6.07) is 6.49. The summed E-state index contributed by atoms with van der Waals surface area (Å²) in [6.45, 7) is 0. The van der Waals surface area contributed by atoms with Crippen LogP contribution in [0.2, 0.25) is 0 Å². The molecule has 1 aliphatic rings. The summed E-state index contributed by atoms with van der Waals surface area (Å²) in [7, 11) is -4.71. The summed E-state index contributed by atoms with van der Waals surface area (Å²) < 4.78 is 14.2. The standard InChI is InChI=1S/C15H16NO6P/c17-11-3-1-2-10(8-11)4-7-15(19)13-6-5-12(18)9-14(13)16-23(20,21)22/h1-3,5-6,8-9,13,17-18H,4,7H2,(H2,20,21,22). The van der Waals surface area contributed by atoms with Crippen LogP contribution in [-0.4, -0.2) is 31.5 Å². The number of hydrogen-bond acceptors (Lipinski definition) is 4. The number of aliphatic hydroxyl groups excluding tert-OH is 1. The maximum Gasteiger partial charge on any atom is 0.448 e. The van der Waals surface area contributed by atoms with Crippen molar-refractivity contribution in [3.05, 3.63) is 53.8 Å². The second kappa shape index (κ2) is 6.91. The van der Waals surface area contributed by atoms with Crippen molar-refractivity contribution in [2.24, 2.45) is 10.7 Å². The normalized spacial score (nSPS) is 19.7. The Morgan fingerprint density at radius 3 is 2.65 bits per heavy atom. The predicted molar refractivity (Wildman–Crippen MR) is 84.3 cm³/mol. The van der Waals surface area contributed by atoms with E-state index < -0.39 is 13.7 Å². The first-order valence-electron chi connectivity index (χ1n) is 6.80. The Morgan fingerprint density at radius 1 is 1.26 bits per heavy atom. The van der Waals surface area contributed by atoms with Crippen LogP contribution in [0.5, 0.6) is 5.75 Å². The Balaban J connectivity index is 2.12. The van der Waals surface area contributed by atoms with Gasteiger partial charge >= 0.3 is 7.75 Å². The number of carbonyl (C=O) groups is 1. The molecule has 0 heterocycles.